The van der Waals surface area contributed by atoms with Crippen LogP contribution in [0.25, 0.3) is 66.8 Å². The molecule has 434 valence electrons. The molecule has 0 bridgehead atoms. The number of fused-ring (bicyclic) bond motifs is 18. The van der Waals surface area contributed by atoms with Crippen LogP contribution in [-0.2, 0) is 32.5 Å². The van der Waals surface area contributed by atoms with Crippen LogP contribution < -0.4 is 9.80 Å². The van der Waals surface area contributed by atoms with Crippen molar-refractivity contribution in [3.63, 3.8) is 0 Å². The summed E-state index contributed by atoms with van der Waals surface area (Å²) in [5.74, 6) is 0. The van der Waals surface area contributed by atoms with Crippen LogP contribution in [0.15, 0.2) is 255 Å². The average Bonchev–Trinajstić information content (AvgIpc) is 1.47. The van der Waals surface area contributed by atoms with Gasteiger partial charge in [0.1, 0.15) is 0 Å². The van der Waals surface area contributed by atoms with Crippen LogP contribution in [0.2, 0.25) is 0 Å². The van der Waals surface area contributed by atoms with Gasteiger partial charge in [-0.3, -0.25) is 0 Å². The van der Waals surface area contributed by atoms with Crippen molar-refractivity contribution < 1.29 is 0 Å². The van der Waals surface area contributed by atoms with E-state index in [9.17, 15) is 0 Å². The molecular formula is C88H72N2. The highest BCUT2D eigenvalue weighted by Gasteiger charge is 2.58. The molecule has 2 atom stereocenters. The predicted octanol–water partition coefficient (Wildman–Crippen LogP) is 23.1. The molecule has 18 rings (SSSR count). The lowest BCUT2D eigenvalue weighted by atomic mass is 9.56. The Morgan fingerprint density at radius 2 is 0.333 bits per heavy atom. The number of rotatable bonds is 7. The normalized spacial score (nSPS) is 19.0. The minimum Gasteiger partial charge on any atom is -0.310 e. The molecule has 2 unspecified atom stereocenters. The summed E-state index contributed by atoms with van der Waals surface area (Å²) < 4.78 is 0. The standard InChI is InChI=1S/C88H72N2/c1-83(2)71-29-17-11-23-59(71)65-41-35-53(47-77(65)83)89(54-36-42-66-60-24-12-18-30-72(60)84(3,4)78(66)48-54)57-39-45-69-63-27-15-21-33-75(63)87(9,81(69)51-57)88(10)76-34-22-16-28-64(76)70-46-40-58(52-82(70)88)90(55-37-43-67-61-25-13-19-31-73(61)85(5,6)79(67)49-55)56-38-44-68-62-26-14-20-32-74(62)86(7,8)80(68)50-56/h11-52H,1-10H3. The minimum absolute atomic E-state index is 0.175. The van der Waals surface area contributed by atoms with Gasteiger partial charge < -0.3 is 9.80 Å². The van der Waals surface area contributed by atoms with Crippen molar-refractivity contribution in [1.82, 2.24) is 0 Å². The molecule has 0 spiro atoms. The second kappa shape index (κ2) is 18.0. The first-order valence-corrected chi connectivity index (χ1v) is 32.5. The minimum atomic E-state index is -0.554. The Hall–Kier alpha value is -9.76. The van der Waals surface area contributed by atoms with E-state index in [0.29, 0.717) is 0 Å². The lowest BCUT2D eigenvalue weighted by Crippen LogP contribution is -2.44. The number of hydrogen-bond donors (Lipinski definition) is 0. The summed E-state index contributed by atoms with van der Waals surface area (Å²) in [6.07, 6.45) is 0. The Kier molecular flexibility index (Phi) is 10.6. The molecule has 6 aliphatic carbocycles. The molecule has 0 amide bonds. The zero-order valence-electron chi connectivity index (χ0n) is 53.1. The van der Waals surface area contributed by atoms with Gasteiger partial charge in [-0.15, -0.1) is 0 Å². The quantitative estimate of drug-likeness (QED) is 0.157. The van der Waals surface area contributed by atoms with Crippen molar-refractivity contribution in [3.05, 3.63) is 322 Å². The van der Waals surface area contributed by atoms with Crippen LogP contribution in [0.5, 0.6) is 0 Å². The van der Waals surface area contributed by atoms with Crippen LogP contribution in [0.3, 0.4) is 0 Å². The molecule has 0 saturated carbocycles. The van der Waals surface area contributed by atoms with Crippen LogP contribution in [-0.4, -0.2) is 0 Å². The maximum atomic E-state index is 2.59. The summed E-state index contributed by atoms with van der Waals surface area (Å²) in [6, 6.07) is 98.7. The van der Waals surface area contributed by atoms with Gasteiger partial charge in [-0.25, -0.2) is 0 Å². The first kappa shape index (κ1) is 53.3. The van der Waals surface area contributed by atoms with Gasteiger partial charge in [-0.2, -0.15) is 0 Å². The van der Waals surface area contributed by atoms with E-state index in [4.69, 9.17) is 0 Å². The number of hydrogen-bond acceptors (Lipinski definition) is 2. The zero-order chi connectivity index (χ0) is 61.2. The van der Waals surface area contributed by atoms with Gasteiger partial charge in [0.15, 0.2) is 0 Å². The van der Waals surface area contributed by atoms with Gasteiger partial charge >= 0.3 is 0 Å². The molecule has 2 heteroatoms. The summed E-state index contributed by atoms with van der Waals surface area (Å²) in [6.45, 7) is 24.4. The van der Waals surface area contributed by atoms with Crippen molar-refractivity contribution in [1.29, 1.82) is 0 Å². The fourth-order valence-electron chi connectivity index (χ4n) is 18.5. The molecule has 0 aliphatic heterocycles. The second-order valence-corrected chi connectivity index (χ2v) is 29.1. The third-order valence-corrected chi connectivity index (χ3v) is 23.4. The second-order valence-electron chi connectivity index (χ2n) is 29.1. The number of nitrogens with zero attached hydrogens (tertiary/aromatic N) is 2. The molecule has 6 aliphatic rings. The van der Waals surface area contributed by atoms with E-state index in [1.165, 1.54) is 134 Å². The van der Waals surface area contributed by atoms with Crippen molar-refractivity contribution in [2.45, 2.75) is 102 Å². The fourth-order valence-corrected chi connectivity index (χ4v) is 18.5. The molecule has 0 fully saturated rings. The zero-order valence-corrected chi connectivity index (χ0v) is 53.1. The fraction of sp³-hybridized carbons (Fsp3) is 0.182. The van der Waals surface area contributed by atoms with Crippen molar-refractivity contribution in [2.75, 3.05) is 9.80 Å². The highest BCUT2D eigenvalue weighted by atomic mass is 15.1. The summed E-state index contributed by atoms with van der Waals surface area (Å²) in [4.78, 5) is 5.15. The molecule has 0 radical (unpaired) electrons. The van der Waals surface area contributed by atoms with Crippen LogP contribution in [0, 0.1) is 0 Å². The van der Waals surface area contributed by atoms with Gasteiger partial charge in [0.05, 0.1) is 0 Å². The van der Waals surface area contributed by atoms with Gasteiger partial charge in [0, 0.05) is 66.6 Å². The monoisotopic (exact) mass is 1160 g/mol. The maximum absolute atomic E-state index is 2.59. The van der Waals surface area contributed by atoms with E-state index in [2.05, 4.69) is 334 Å². The molecule has 12 aromatic rings. The van der Waals surface area contributed by atoms with E-state index >= 15 is 0 Å². The number of benzene rings is 12. The molecule has 12 aromatic carbocycles. The van der Waals surface area contributed by atoms with E-state index in [1.807, 2.05) is 0 Å². The topological polar surface area (TPSA) is 6.48 Å². The smallest absolute Gasteiger partial charge is 0.0465 e. The summed E-state index contributed by atoms with van der Waals surface area (Å²) >= 11 is 0. The third kappa shape index (κ3) is 6.74. The summed E-state index contributed by atoms with van der Waals surface area (Å²) in [5, 5.41) is 0. The van der Waals surface area contributed by atoms with Crippen LogP contribution in [0.4, 0.5) is 34.1 Å². The molecular weight excluding hydrogens is 1080 g/mol. The third-order valence-electron chi connectivity index (χ3n) is 23.4. The SMILES string of the molecule is CC1(C)c2ccccc2-c2ccc(N(c3ccc4c(c3)C(C)(C)c3ccccc3-4)c3ccc4c(c3)C(C)(C3(C)c5ccccc5-c5ccc(N(c6ccc7c(c6)C(C)(C)c6ccccc6-7)c6ccc7c(c6)C(C)(C)c6ccccc6-7)cc53)c3ccccc3-4)cc21. The largest absolute Gasteiger partial charge is 0.310 e. The molecule has 0 heterocycles. The van der Waals surface area contributed by atoms with Crippen molar-refractivity contribution in [3.8, 4) is 66.8 Å². The predicted molar refractivity (Wildman–Crippen MR) is 376 cm³/mol. The Balaban J connectivity index is 0.846. The lowest BCUT2D eigenvalue weighted by molar-refractivity contribution is 0.376. The number of anilines is 6. The first-order valence-electron chi connectivity index (χ1n) is 32.5. The van der Waals surface area contributed by atoms with Gasteiger partial charge in [-0.1, -0.05) is 251 Å². The van der Waals surface area contributed by atoms with Gasteiger partial charge in [0.25, 0.3) is 0 Å². The van der Waals surface area contributed by atoms with Gasteiger partial charge in [0.2, 0.25) is 0 Å². The van der Waals surface area contributed by atoms with E-state index < -0.39 is 10.8 Å². The molecule has 90 heavy (non-hydrogen) atoms. The highest BCUT2D eigenvalue weighted by Crippen LogP contribution is 2.67. The van der Waals surface area contributed by atoms with Crippen LogP contribution in [0.1, 0.15) is 136 Å². The summed E-state index contributed by atoms with van der Waals surface area (Å²) in [5.41, 5.74) is 37.3. The van der Waals surface area contributed by atoms with Crippen molar-refractivity contribution in [2.24, 2.45) is 0 Å². The average molecular weight is 1160 g/mol. The molecule has 0 saturated heterocycles. The Morgan fingerprint density at radius 1 is 0.167 bits per heavy atom. The van der Waals surface area contributed by atoms with E-state index in [0.717, 1.165) is 34.1 Å². The highest BCUT2D eigenvalue weighted by molar-refractivity contribution is 5.95. The summed E-state index contributed by atoms with van der Waals surface area (Å²) in [7, 11) is 0. The van der Waals surface area contributed by atoms with E-state index in [-0.39, 0.29) is 21.7 Å². The lowest BCUT2D eigenvalue weighted by Gasteiger charge is -2.45. The molecule has 2 nitrogen and oxygen atoms in total. The maximum Gasteiger partial charge on any atom is 0.0465 e. The molecule has 0 N–H and O–H groups in total. The Labute approximate surface area is 530 Å². The van der Waals surface area contributed by atoms with Crippen LogP contribution >= 0.6 is 0 Å². The first-order chi connectivity index (χ1) is 43.4. The van der Waals surface area contributed by atoms with Crippen molar-refractivity contribution >= 4 is 34.1 Å². The van der Waals surface area contributed by atoms with E-state index in [1.54, 1.807) is 0 Å². The Bertz CT molecular complexity index is 4600. The molecule has 0 aromatic heterocycles. The van der Waals surface area contributed by atoms with Gasteiger partial charge in [-0.05, 0) is 206 Å². The Morgan fingerprint density at radius 3 is 0.567 bits per heavy atom.